The molecule has 0 aliphatic carbocycles. The Balaban J connectivity index is 1.29. The highest BCUT2D eigenvalue weighted by atomic mass is 19.3. The number of ether oxygens (including phenoxy) is 5. The van der Waals surface area contributed by atoms with E-state index in [0.29, 0.717) is 49.3 Å². The summed E-state index contributed by atoms with van der Waals surface area (Å²) in [6.07, 6.45) is -4.82. The highest BCUT2D eigenvalue weighted by molar-refractivity contribution is 5.64. The molecular weight excluding hydrogens is 573 g/mol. The van der Waals surface area contributed by atoms with Gasteiger partial charge in [-0.3, -0.25) is 0 Å². The second-order valence-corrected chi connectivity index (χ2v) is 10.1. The lowest BCUT2D eigenvalue weighted by molar-refractivity contribution is -0.480. The molecule has 3 fully saturated rings. The molecule has 3 heterocycles. The minimum Gasteiger partial charge on any atom is -0.459 e. The van der Waals surface area contributed by atoms with Crippen molar-refractivity contribution in [2.75, 3.05) is 19.8 Å². The fraction of sp³-hybridized carbons (Fsp3) is 0.333. The number of halogens is 7. The maximum atomic E-state index is 14.9. The van der Waals surface area contributed by atoms with Gasteiger partial charge in [-0.15, -0.1) is 0 Å². The van der Waals surface area contributed by atoms with Crippen molar-refractivity contribution in [3.05, 3.63) is 95.5 Å². The van der Waals surface area contributed by atoms with Crippen molar-refractivity contribution in [2.24, 2.45) is 5.41 Å². The second kappa shape index (κ2) is 11.6. The van der Waals surface area contributed by atoms with Crippen LogP contribution in [0, 0.1) is 22.9 Å². The number of allylic oxidation sites excluding steroid dienone is 1. The molecule has 3 aliphatic rings. The third-order valence-corrected chi connectivity index (χ3v) is 6.97. The third kappa shape index (κ3) is 5.97. The summed E-state index contributed by atoms with van der Waals surface area (Å²) >= 11 is 0. The van der Waals surface area contributed by atoms with E-state index in [2.05, 4.69) is 16.4 Å². The molecule has 0 aromatic heterocycles. The van der Waals surface area contributed by atoms with Crippen LogP contribution in [0.5, 0.6) is 11.5 Å². The largest absolute Gasteiger partial charge is 0.459 e. The highest BCUT2D eigenvalue weighted by Crippen LogP contribution is 2.46. The van der Waals surface area contributed by atoms with Gasteiger partial charge in [0.25, 0.3) is 6.43 Å². The van der Waals surface area contributed by atoms with Gasteiger partial charge in [-0.1, -0.05) is 43.7 Å². The number of benzene rings is 3. The van der Waals surface area contributed by atoms with Crippen LogP contribution in [-0.2, 0) is 26.3 Å². The fourth-order valence-corrected chi connectivity index (χ4v) is 4.87. The van der Waals surface area contributed by atoms with Crippen LogP contribution in [0.2, 0.25) is 0 Å². The molecule has 3 aromatic carbocycles. The first-order valence-corrected chi connectivity index (χ1v) is 13.0. The molecule has 0 radical (unpaired) electrons. The smallest absolute Gasteiger partial charge is 0.429 e. The predicted octanol–water partition coefficient (Wildman–Crippen LogP) is 8.03. The first-order valence-electron chi connectivity index (χ1n) is 13.0. The van der Waals surface area contributed by atoms with E-state index in [1.165, 1.54) is 6.07 Å². The van der Waals surface area contributed by atoms with Crippen molar-refractivity contribution in [1.82, 2.24) is 0 Å². The lowest BCUT2D eigenvalue weighted by Gasteiger charge is -2.51. The molecule has 0 saturated carbocycles. The molecule has 6 rings (SSSR count). The quantitative estimate of drug-likeness (QED) is 0.175. The zero-order valence-electron chi connectivity index (χ0n) is 22.2. The molecular formula is C30H25F7O5. The van der Waals surface area contributed by atoms with Crippen molar-refractivity contribution in [3.8, 4) is 22.6 Å². The Morgan fingerprint density at radius 3 is 2.00 bits per heavy atom. The molecule has 3 saturated heterocycles. The van der Waals surface area contributed by atoms with Gasteiger partial charge in [0.05, 0.1) is 31.6 Å². The van der Waals surface area contributed by atoms with E-state index in [1.54, 1.807) is 24.3 Å². The van der Waals surface area contributed by atoms with Gasteiger partial charge in [0.1, 0.15) is 11.6 Å². The average molecular weight is 599 g/mol. The van der Waals surface area contributed by atoms with E-state index >= 15 is 0 Å². The summed E-state index contributed by atoms with van der Waals surface area (Å²) in [6.45, 7) is 3.54. The number of hydrogen-bond acceptors (Lipinski definition) is 5. The summed E-state index contributed by atoms with van der Waals surface area (Å²) in [7, 11) is 0. The zero-order chi connectivity index (χ0) is 30.1. The first kappa shape index (κ1) is 29.9. The topological polar surface area (TPSA) is 46.2 Å². The Hall–Kier alpha value is -3.61. The van der Waals surface area contributed by atoms with Crippen LogP contribution in [0.25, 0.3) is 11.1 Å². The van der Waals surface area contributed by atoms with E-state index in [9.17, 15) is 30.7 Å². The van der Waals surface area contributed by atoms with Gasteiger partial charge in [0.2, 0.25) is 0 Å². The van der Waals surface area contributed by atoms with Gasteiger partial charge in [-0.2, -0.15) is 8.78 Å². The molecule has 0 atom stereocenters. The highest BCUT2D eigenvalue weighted by Gasteiger charge is 2.53. The summed E-state index contributed by atoms with van der Waals surface area (Å²) in [5.41, 5.74) is 0.00491. The van der Waals surface area contributed by atoms with E-state index in [4.69, 9.17) is 14.2 Å². The summed E-state index contributed by atoms with van der Waals surface area (Å²) in [5.74, 6) is -7.76. The minimum absolute atomic E-state index is 0.169. The van der Waals surface area contributed by atoms with Gasteiger partial charge in [-0.25, -0.2) is 22.0 Å². The monoisotopic (exact) mass is 598 g/mol. The summed E-state index contributed by atoms with van der Waals surface area (Å²) in [4.78, 5) is 0. The molecule has 42 heavy (non-hydrogen) atoms. The molecule has 0 N–H and O–H groups in total. The van der Waals surface area contributed by atoms with Crippen molar-refractivity contribution in [1.29, 1.82) is 0 Å². The normalized spacial score (nSPS) is 22.2. The maximum absolute atomic E-state index is 14.9. The first-order chi connectivity index (χ1) is 20.0. The Morgan fingerprint density at radius 1 is 0.857 bits per heavy atom. The zero-order valence-corrected chi connectivity index (χ0v) is 22.2. The molecule has 3 aromatic rings. The van der Waals surface area contributed by atoms with Crippen LogP contribution >= 0.6 is 0 Å². The summed E-state index contributed by atoms with van der Waals surface area (Å²) < 4.78 is 124. The maximum Gasteiger partial charge on any atom is 0.429 e. The number of hydrogen-bond donors (Lipinski definition) is 0. The van der Waals surface area contributed by atoms with Gasteiger partial charge in [0, 0.05) is 29.2 Å². The molecule has 0 spiro atoms. The van der Waals surface area contributed by atoms with Crippen molar-refractivity contribution >= 4 is 0 Å². The van der Waals surface area contributed by atoms with E-state index < -0.39 is 53.0 Å². The SMILES string of the molecule is CCCC12COC(c3ccc(-c4ccc(C(F)(F)Oc5cc(F)c(O/C=C/C(F)F)c(F)c5)c(F)c4)cc3)(OC1)OC2. The number of fused-ring (bicyclic) bond motifs is 3. The van der Waals surface area contributed by atoms with Crippen molar-refractivity contribution < 1.29 is 54.4 Å². The lowest BCUT2D eigenvalue weighted by Crippen LogP contribution is -2.58. The van der Waals surface area contributed by atoms with E-state index in [-0.39, 0.29) is 17.1 Å². The van der Waals surface area contributed by atoms with E-state index in [0.717, 1.165) is 25.0 Å². The Labute approximate surface area is 236 Å². The minimum atomic E-state index is -4.33. The fourth-order valence-electron chi connectivity index (χ4n) is 4.87. The van der Waals surface area contributed by atoms with Gasteiger partial charge in [-0.05, 0) is 29.7 Å². The van der Waals surface area contributed by atoms with E-state index in [1.807, 2.05) is 0 Å². The molecule has 5 nitrogen and oxygen atoms in total. The van der Waals surface area contributed by atoms with Crippen molar-refractivity contribution in [2.45, 2.75) is 38.3 Å². The number of alkyl halides is 4. The molecule has 12 heteroatoms. The molecule has 2 bridgehead atoms. The van der Waals surface area contributed by atoms with Crippen LogP contribution in [0.3, 0.4) is 0 Å². The van der Waals surface area contributed by atoms with Gasteiger partial charge < -0.3 is 23.7 Å². The molecule has 0 amide bonds. The average Bonchev–Trinajstić information content (AvgIpc) is 2.95. The third-order valence-electron chi connectivity index (χ3n) is 6.97. The lowest BCUT2D eigenvalue weighted by atomic mass is 9.83. The summed E-state index contributed by atoms with van der Waals surface area (Å²) in [5, 5.41) is 0. The van der Waals surface area contributed by atoms with Gasteiger partial charge >= 0.3 is 12.1 Å². The Bertz CT molecular complexity index is 1410. The Morgan fingerprint density at radius 2 is 1.45 bits per heavy atom. The van der Waals surface area contributed by atoms with Crippen LogP contribution in [-0.4, -0.2) is 26.2 Å². The molecule has 224 valence electrons. The summed E-state index contributed by atoms with van der Waals surface area (Å²) in [6, 6.07) is 10.2. The van der Waals surface area contributed by atoms with Gasteiger partial charge in [0.15, 0.2) is 17.4 Å². The molecule has 3 aliphatic heterocycles. The standard InChI is InChI=1S/C30H25F7O5/c1-2-10-28-15-39-30(40-16-28,41-17-28)20-6-3-18(4-7-20)19-5-8-22(23(31)12-19)29(36,37)42-21-13-24(32)27(25(33)14-21)38-11-9-26(34)35/h3-9,11-14,26H,2,10,15-17H2,1H3/b11-9+. The van der Waals surface area contributed by atoms with Crippen LogP contribution in [0.4, 0.5) is 30.7 Å². The number of rotatable bonds is 10. The second-order valence-electron chi connectivity index (χ2n) is 10.1. The molecule has 0 unspecified atom stereocenters. The van der Waals surface area contributed by atoms with Crippen molar-refractivity contribution in [3.63, 3.8) is 0 Å². The predicted molar refractivity (Wildman–Crippen MR) is 135 cm³/mol. The Kier molecular flexibility index (Phi) is 8.23. The van der Waals surface area contributed by atoms with Crippen LogP contribution in [0.15, 0.2) is 66.9 Å². The van der Waals surface area contributed by atoms with Crippen LogP contribution < -0.4 is 9.47 Å². The van der Waals surface area contributed by atoms with Crippen LogP contribution in [0.1, 0.15) is 30.9 Å².